The van der Waals surface area contributed by atoms with Crippen molar-refractivity contribution in [2.45, 2.75) is 20.4 Å². The van der Waals surface area contributed by atoms with E-state index in [1.54, 1.807) is 16.8 Å². The fourth-order valence-electron chi connectivity index (χ4n) is 3.82. The van der Waals surface area contributed by atoms with Crippen molar-refractivity contribution in [1.82, 2.24) is 34.3 Å². The summed E-state index contributed by atoms with van der Waals surface area (Å²) in [5.41, 5.74) is 8.98. The van der Waals surface area contributed by atoms with E-state index < -0.39 is 0 Å². The summed E-state index contributed by atoms with van der Waals surface area (Å²) in [6.45, 7) is 3.86. The predicted molar refractivity (Wildman–Crippen MR) is 118 cm³/mol. The summed E-state index contributed by atoms with van der Waals surface area (Å²) < 4.78 is 3.07. The van der Waals surface area contributed by atoms with Crippen molar-refractivity contribution in [2.75, 3.05) is 5.73 Å². The minimum Gasteiger partial charge on any atom is -0.383 e. The zero-order valence-electron chi connectivity index (χ0n) is 17.3. The van der Waals surface area contributed by atoms with Crippen molar-refractivity contribution in [3.05, 3.63) is 75.9 Å². The number of pyridine rings is 1. The third-order valence-corrected chi connectivity index (χ3v) is 5.36. The highest BCUT2D eigenvalue weighted by atomic mass is 16.1. The van der Waals surface area contributed by atoms with Gasteiger partial charge in [0, 0.05) is 6.20 Å². The first-order valence-electron chi connectivity index (χ1n) is 9.80. The number of nitriles is 1. The molecule has 0 fully saturated rings. The summed E-state index contributed by atoms with van der Waals surface area (Å²) in [5, 5.41) is 14.7. The van der Waals surface area contributed by atoms with Crippen molar-refractivity contribution in [2.24, 2.45) is 0 Å². The van der Waals surface area contributed by atoms with Crippen LogP contribution >= 0.6 is 0 Å². The lowest BCUT2D eigenvalue weighted by atomic mass is 10.1. The standard InChI is InChI=1S/C22H17N9O/c1-12-5-3-4-6-15(12)31-16(28-20-17(22(31)32)13(2)7-8-25-20)10-30-21-18(14(9-23)29-30)19(24)26-11-27-21/h3-8,11H,10H2,1-2H3,(H2,24,26,27). The summed E-state index contributed by atoms with van der Waals surface area (Å²) >= 11 is 0. The minimum absolute atomic E-state index is 0.0732. The molecule has 0 saturated carbocycles. The van der Waals surface area contributed by atoms with Crippen molar-refractivity contribution in [1.29, 1.82) is 5.26 Å². The maximum absolute atomic E-state index is 13.6. The third-order valence-electron chi connectivity index (χ3n) is 5.36. The number of fused-ring (bicyclic) bond motifs is 2. The Morgan fingerprint density at radius 1 is 1.06 bits per heavy atom. The van der Waals surface area contributed by atoms with E-state index in [0.717, 1.165) is 11.1 Å². The van der Waals surface area contributed by atoms with Gasteiger partial charge in [-0.25, -0.2) is 24.6 Å². The SMILES string of the molecule is Cc1ccccc1-n1c(Cn2nc(C#N)c3c(N)ncnc32)nc2nccc(C)c2c1=O. The van der Waals surface area contributed by atoms with Gasteiger partial charge in [-0.1, -0.05) is 18.2 Å². The zero-order valence-corrected chi connectivity index (χ0v) is 17.3. The normalized spacial score (nSPS) is 11.2. The number of nitrogens with zero attached hydrogens (tertiary/aromatic N) is 8. The monoisotopic (exact) mass is 423 g/mol. The van der Waals surface area contributed by atoms with E-state index in [1.807, 2.05) is 44.2 Å². The molecular formula is C22H17N9O. The zero-order chi connectivity index (χ0) is 22.4. The van der Waals surface area contributed by atoms with Gasteiger partial charge < -0.3 is 5.73 Å². The summed E-state index contributed by atoms with van der Waals surface area (Å²) in [4.78, 5) is 30.9. The maximum Gasteiger partial charge on any atom is 0.267 e. The van der Waals surface area contributed by atoms with Crippen LogP contribution in [0.5, 0.6) is 0 Å². The van der Waals surface area contributed by atoms with Crippen molar-refractivity contribution in [3.8, 4) is 11.8 Å². The van der Waals surface area contributed by atoms with Crippen LogP contribution in [0, 0.1) is 25.2 Å². The number of nitrogen functional groups attached to an aromatic ring is 1. The highest BCUT2D eigenvalue weighted by Gasteiger charge is 2.20. The topological polar surface area (TPSA) is 141 Å². The Balaban J connectivity index is 1.82. The van der Waals surface area contributed by atoms with Crippen LogP contribution in [0.4, 0.5) is 5.82 Å². The van der Waals surface area contributed by atoms with Crippen LogP contribution in [0.25, 0.3) is 27.8 Å². The van der Waals surface area contributed by atoms with E-state index in [-0.39, 0.29) is 23.6 Å². The van der Waals surface area contributed by atoms with Gasteiger partial charge in [0.25, 0.3) is 5.56 Å². The number of hydrogen-bond acceptors (Lipinski definition) is 8. The predicted octanol–water partition coefficient (Wildman–Crippen LogP) is 2.04. The lowest BCUT2D eigenvalue weighted by Gasteiger charge is -2.16. The number of rotatable bonds is 3. The fourth-order valence-corrected chi connectivity index (χ4v) is 3.82. The Bertz CT molecular complexity index is 1630. The average Bonchev–Trinajstić information content (AvgIpc) is 3.14. The number of aryl methyl sites for hydroxylation is 2. The summed E-state index contributed by atoms with van der Waals surface area (Å²) in [6.07, 6.45) is 2.93. The number of hydrogen-bond donors (Lipinski definition) is 1. The molecule has 10 nitrogen and oxygen atoms in total. The van der Waals surface area contributed by atoms with Crippen molar-refractivity contribution < 1.29 is 0 Å². The van der Waals surface area contributed by atoms with Gasteiger partial charge in [0.15, 0.2) is 17.0 Å². The summed E-state index contributed by atoms with van der Waals surface area (Å²) in [7, 11) is 0. The molecule has 0 amide bonds. The average molecular weight is 423 g/mol. The van der Waals surface area contributed by atoms with E-state index in [9.17, 15) is 10.1 Å². The number of aromatic nitrogens is 7. The second-order valence-electron chi connectivity index (χ2n) is 7.36. The quantitative estimate of drug-likeness (QED) is 0.465. The number of nitrogens with two attached hydrogens (primary N) is 1. The third kappa shape index (κ3) is 2.87. The molecule has 0 radical (unpaired) electrons. The molecule has 5 aromatic rings. The lowest BCUT2D eigenvalue weighted by Crippen LogP contribution is -2.27. The molecule has 0 spiro atoms. The van der Waals surface area contributed by atoms with E-state index in [4.69, 9.17) is 10.7 Å². The first-order chi connectivity index (χ1) is 15.5. The lowest BCUT2D eigenvalue weighted by molar-refractivity contribution is 0.646. The van der Waals surface area contributed by atoms with Gasteiger partial charge in [-0.05, 0) is 37.1 Å². The molecule has 32 heavy (non-hydrogen) atoms. The molecular weight excluding hydrogens is 406 g/mol. The molecule has 0 bridgehead atoms. The number of benzene rings is 1. The van der Waals surface area contributed by atoms with Crippen LogP contribution < -0.4 is 11.3 Å². The Kier molecular flexibility index (Phi) is 4.37. The smallest absolute Gasteiger partial charge is 0.267 e. The molecule has 0 aliphatic carbocycles. The van der Waals surface area contributed by atoms with E-state index in [0.29, 0.717) is 33.6 Å². The fraction of sp³-hybridized carbons (Fsp3) is 0.136. The van der Waals surface area contributed by atoms with Crippen LogP contribution in [0.1, 0.15) is 22.6 Å². The van der Waals surface area contributed by atoms with E-state index >= 15 is 0 Å². The van der Waals surface area contributed by atoms with Gasteiger partial charge in [0.2, 0.25) is 0 Å². The van der Waals surface area contributed by atoms with Gasteiger partial charge >= 0.3 is 0 Å². The molecule has 0 atom stereocenters. The molecule has 10 heteroatoms. The van der Waals surface area contributed by atoms with Gasteiger partial charge in [-0.2, -0.15) is 10.4 Å². The molecule has 2 N–H and O–H groups in total. The maximum atomic E-state index is 13.6. The first kappa shape index (κ1) is 19.3. The van der Waals surface area contributed by atoms with E-state index in [1.165, 1.54) is 11.0 Å². The van der Waals surface area contributed by atoms with Crippen molar-refractivity contribution in [3.63, 3.8) is 0 Å². The van der Waals surface area contributed by atoms with Crippen LogP contribution in [-0.2, 0) is 6.54 Å². The Morgan fingerprint density at radius 2 is 1.88 bits per heavy atom. The highest BCUT2D eigenvalue weighted by Crippen LogP contribution is 2.23. The van der Waals surface area contributed by atoms with Crippen molar-refractivity contribution >= 4 is 27.9 Å². The minimum atomic E-state index is -0.226. The highest BCUT2D eigenvalue weighted by molar-refractivity contribution is 5.90. The van der Waals surface area contributed by atoms with Gasteiger partial charge in [-0.15, -0.1) is 0 Å². The Hall–Kier alpha value is -4.65. The molecule has 4 heterocycles. The van der Waals surface area contributed by atoms with Crippen LogP contribution in [0.2, 0.25) is 0 Å². The molecule has 4 aromatic heterocycles. The number of para-hydroxylation sites is 1. The Morgan fingerprint density at radius 3 is 2.66 bits per heavy atom. The largest absolute Gasteiger partial charge is 0.383 e. The van der Waals surface area contributed by atoms with Crippen LogP contribution in [0.3, 0.4) is 0 Å². The molecule has 156 valence electrons. The molecule has 1 aromatic carbocycles. The summed E-state index contributed by atoms with van der Waals surface area (Å²) in [5.74, 6) is 0.568. The second kappa shape index (κ2) is 7.24. The molecule has 0 saturated heterocycles. The van der Waals surface area contributed by atoms with Crippen LogP contribution in [0.15, 0.2) is 47.7 Å². The van der Waals surface area contributed by atoms with Gasteiger partial charge in [0.1, 0.15) is 30.6 Å². The van der Waals surface area contributed by atoms with Crippen LogP contribution in [-0.4, -0.2) is 34.3 Å². The molecule has 0 aliphatic rings. The first-order valence-corrected chi connectivity index (χ1v) is 9.80. The van der Waals surface area contributed by atoms with E-state index in [2.05, 4.69) is 20.1 Å². The molecule has 5 rings (SSSR count). The Labute approximate surface area is 181 Å². The second-order valence-corrected chi connectivity index (χ2v) is 7.36. The molecule has 0 unspecified atom stereocenters. The number of anilines is 1. The molecule has 0 aliphatic heterocycles. The summed E-state index contributed by atoms with van der Waals surface area (Å²) in [6, 6.07) is 11.4. The van der Waals surface area contributed by atoms with Gasteiger partial charge in [0.05, 0.1) is 16.5 Å². The van der Waals surface area contributed by atoms with Gasteiger partial charge in [-0.3, -0.25) is 9.36 Å².